The topological polar surface area (TPSA) is 57.7 Å². The van der Waals surface area contributed by atoms with Crippen molar-refractivity contribution in [2.24, 2.45) is 0 Å². The number of likely N-dealkylation sites (N-methyl/N-ethyl adjacent to an activating group) is 1. The first-order valence-corrected chi connectivity index (χ1v) is 10.7. The summed E-state index contributed by atoms with van der Waals surface area (Å²) in [6, 6.07) is 20.4. The molecule has 28 heavy (non-hydrogen) atoms. The Morgan fingerprint density at radius 2 is 1.71 bits per heavy atom. The second-order valence-corrected chi connectivity index (χ2v) is 9.09. The molecule has 4 rings (SSSR count). The lowest BCUT2D eigenvalue weighted by atomic mass is 10.0. The second kappa shape index (κ2) is 7.37. The van der Waals surface area contributed by atoms with Crippen LogP contribution in [0, 0.1) is 0 Å². The zero-order valence-corrected chi connectivity index (χ0v) is 16.5. The Labute approximate surface area is 165 Å². The van der Waals surface area contributed by atoms with Gasteiger partial charge in [0, 0.05) is 19.3 Å². The minimum Gasteiger partial charge on any atom is -0.311 e. The molecule has 0 N–H and O–H groups in total. The van der Waals surface area contributed by atoms with E-state index >= 15 is 0 Å². The summed E-state index contributed by atoms with van der Waals surface area (Å²) in [6.45, 7) is 0.420. The molecule has 3 aromatic rings. The number of hydrogen-bond acceptors (Lipinski definition) is 3. The average molecular weight is 394 g/mol. The highest BCUT2D eigenvalue weighted by Crippen LogP contribution is 2.27. The van der Waals surface area contributed by atoms with E-state index in [1.54, 1.807) is 23.1 Å². The van der Waals surface area contributed by atoms with Gasteiger partial charge in [-0.3, -0.25) is 4.79 Å². The van der Waals surface area contributed by atoms with Gasteiger partial charge in [-0.2, -0.15) is 4.31 Å². The maximum Gasteiger partial charge on any atom is 0.243 e. The molecule has 0 saturated carbocycles. The summed E-state index contributed by atoms with van der Waals surface area (Å²) in [5.41, 5.74) is 2.01. The maximum absolute atomic E-state index is 13.0. The van der Waals surface area contributed by atoms with Crippen LogP contribution in [0.25, 0.3) is 10.8 Å². The molecule has 144 valence electrons. The molecule has 0 aromatic heterocycles. The number of fused-ring (bicyclic) bond motifs is 2. The van der Waals surface area contributed by atoms with Crippen molar-refractivity contribution in [1.82, 2.24) is 4.31 Å². The molecule has 1 aliphatic heterocycles. The largest absolute Gasteiger partial charge is 0.311 e. The number of anilines is 1. The fraction of sp³-hybridized carbons (Fsp3) is 0.227. The van der Waals surface area contributed by atoms with Crippen molar-refractivity contribution in [2.45, 2.75) is 17.7 Å². The van der Waals surface area contributed by atoms with E-state index < -0.39 is 10.0 Å². The molecule has 0 saturated heterocycles. The molecule has 0 aliphatic carbocycles. The lowest BCUT2D eigenvalue weighted by Crippen LogP contribution is -2.43. The van der Waals surface area contributed by atoms with Crippen LogP contribution in [0.2, 0.25) is 0 Å². The molecule has 1 amide bonds. The van der Waals surface area contributed by atoms with Gasteiger partial charge in [0.15, 0.2) is 0 Å². The zero-order chi connectivity index (χ0) is 19.7. The molecule has 5 nitrogen and oxygen atoms in total. The van der Waals surface area contributed by atoms with E-state index in [0.717, 1.165) is 39.2 Å². The van der Waals surface area contributed by atoms with Crippen molar-refractivity contribution in [2.75, 3.05) is 25.0 Å². The number of sulfonamides is 1. The SMILES string of the molecule is CN(CC(=O)N1CCCc2ccccc21)S(=O)(=O)c1ccc2ccccc2c1. The highest BCUT2D eigenvalue weighted by molar-refractivity contribution is 7.89. The first-order valence-electron chi connectivity index (χ1n) is 9.30. The average Bonchev–Trinajstić information content (AvgIpc) is 2.72. The van der Waals surface area contributed by atoms with Gasteiger partial charge in [0.25, 0.3) is 0 Å². The van der Waals surface area contributed by atoms with Crippen molar-refractivity contribution in [3.63, 3.8) is 0 Å². The monoisotopic (exact) mass is 394 g/mol. The molecule has 0 bridgehead atoms. The number of hydrogen-bond donors (Lipinski definition) is 0. The number of amides is 1. The Hall–Kier alpha value is -2.70. The van der Waals surface area contributed by atoms with Gasteiger partial charge in [0.2, 0.25) is 15.9 Å². The van der Waals surface area contributed by atoms with Gasteiger partial charge in [0.05, 0.1) is 11.4 Å². The number of nitrogens with zero attached hydrogens (tertiary/aromatic N) is 2. The van der Waals surface area contributed by atoms with Gasteiger partial charge in [-0.15, -0.1) is 0 Å². The fourth-order valence-electron chi connectivity index (χ4n) is 3.66. The zero-order valence-electron chi connectivity index (χ0n) is 15.7. The van der Waals surface area contributed by atoms with Crippen LogP contribution < -0.4 is 4.90 Å². The lowest BCUT2D eigenvalue weighted by molar-refractivity contribution is -0.118. The van der Waals surface area contributed by atoms with E-state index in [1.165, 1.54) is 7.05 Å². The Kier molecular flexibility index (Phi) is 4.91. The van der Waals surface area contributed by atoms with Gasteiger partial charge in [-0.1, -0.05) is 48.5 Å². The fourth-order valence-corrected chi connectivity index (χ4v) is 4.82. The third-order valence-electron chi connectivity index (χ3n) is 5.20. The first-order chi connectivity index (χ1) is 13.5. The summed E-state index contributed by atoms with van der Waals surface area (Å²) >= 11 is 0. The maximum atomic E-state index is 13.0. The van der Waals surface area contributed by atoms with Crippen LogP contribution in [0.4, 0.5) is 5.69 Å². The number of para-hydroxylation sites is 1. The molecule has 1 aliphatic rings. The van der Waals surface area contributed by atoms with Crippen molar-refractivity contribution in [3.05, 3.63) is 72.3 Å². The highest BCUT2D eigenvalue weighted by Gasteiger charge is 2.28. The molecular formula is C22H22N2O3S. The molecule has 6 heteroatoms. The van der Waals surface area contributed by atoms with Gasteiger partial charge in [-0.05, 0) is 47.4 Å². The highest BCUT2D eigenvalue weighted by atomic mass is 32.2. The van der Waals surface area contributed by atoms with Gasteiger partial charge in [-0.25, -0.2) is 8.42 Å². The molecule has 3 aromatic carbocycles. The number of rotatable bonds is 4. The molecule has 1 heterocycles. The van der Waals surface area contributed by atoms with Crippen LogP contribution in [-0.4, -0.2) is 38.8 Å². The van der Waals surface area contributed by atoms with Crippen molar-refractivity contribution in [1.29, 1.82) is 0 Å². The molecular weight excluding hydrogens is 372 g/mol. The summed E-state index contributed by atoms with van der Waals surface area (Å²) in [4.78, 5) is 14.8. The first kappa shape index (κ1) is 18.7. The summed E-state index contributed by atoms with van der Waals surface area (Å²) in [7, 11) is -2.30. The van der Waals surface area contributed by atoms with Crippen molar-refractivity contribution >= 4 is 32.4 Å². The minimum absolute atomic E-state index is 0.191. The molecule has 0 unspecified atom stereocenters. The normalized spacial score (nSPS) is 14.3. The minimum atomic E-state index is -3.76. The Balaban J connectivity index is 1.57. The van der Waals surface area contributed by atoms with Crippen LogP contribution in [0.3, 0.4) is 0 Å². The van der Waals surface area contributed by atoms with E-state index in [0.29, 0.717) is 6.54 Å². The van der Waals surface area contributed by atoms with Gasteiger partial charge >= 0.3 is 0 Å². The number of carbonyl (C=O) groups excluding carboxylic acids is 1. The molecule has 0 atom stereocenters. The van der Waals surface area contributed by atoms with E-state index in [4.69, 9.17) is 0 Å². The van der Waals surface area contributed by atoms with Crippen LogP contribution in [0.5, 0.6) is 0 Å². The molecule has 0 radical (unpaired) electrons. The third-order valence-corrected chi connectivity index (χ3v) is 7.00. The quantitative estimate of drug-likeness (QED) is 0.681. The van der Waals surface area contributed by atoms with E-state index in [1.807, 2.05) is 48.5 Å². The van der Waals surface area contributed by atoms with Crippen molar-refractivity contribution < 1.29 is 13.2 Å². The number of aryl methyl sites for hydroxylation is 1. The van der Waals surface area contributed by atoms with Crippen LogP contribution in [-0.2, 0) is 21.2 Å². The van der Waals surface area contributed by atoms with Crippen molar-refractivity contribution in [3.8, 4) is 0 Å². The number of benzene rings is 3. The summed E-state index contributed by atoms with van der Waals surface area (Å²) in [5, 5.41) is 1.83. The van der Waals surface area contributed by atoms with E-state index in [-0.39, 0.29) is 17.3 Å². The summed E-state index contributed by atoms with van der Waals surface area (Å²) in [5.74, 6) is -0.209. The van der Waals surface area contributed by atoms with Crippen LogP contribution >= 0.6 is 0 Å². The Bertz CT molecular complexity index is 1140. The lowest BCUT2D eigenvalue weighted by Gasteiger charge is -2.30. The Morgan fingerprint density at radius 1 is 1.00 bits per heavy atom. The standard InChI is InChI=1S/C22H22N2O3S/c1-23(16-22(25)24-14-6-10-18-8-4-5-11-21(18)24)28(26,27)20-13-12-17-7-2-3-9-19(17)15-20/h2-5,7-9,11-13,15H,6,10,14,16H2,1H3. The predicted octanol–water partition coefficient (Wildman–Crippen LogP) is 3.44. The van der Waals surface area contributed by atoms with Crippen LogP contribution in [0.15, 0.2) is 71.6 Å². The summed E-state index contributed by atoms with van der Waals surface area (Å²) < 4.78 is 27.1. The second-order valence-electron chi connectivity index (χ2n) is 7.05. The Morgan fingerprint density at radius 3 is 2.54 bits per heavy atom. The molecule has 0 spiro atoms. The molecule has 0 fully saturated rings. The van der Waals surface area contributed by atoms with Crippen LogP contribution in [0.1, 0.15) is 12.0 Å². The van der Waals surface area contributed by atoms with E-state index in [9.17, 15) is 13.2 Å². The van der Waals surface area contributed by atoms with Gasteiger partial charge in [0.1, 0.15) is 0 Å². The summed E-state index contributed by atoms with van der Waals surface area (Å²) in [6.07, 6.45) is 1.81. The number of carbonyl (C=O) groups is 1. The predicted molar refractivity (Wildman–Crippen MR) is 111 cm³/mol. The van der Waals surface area contributed by atoms with E-state index in [2.05, 4.69) is 0 Å². The van der Waals surface area contributed by atoms with Gasteiger partial charge < -0.3 is 4.90 Å². The third kappa shape index (κ3) is 3.41. The smallest absolute Gasteiger partial charge is 0.243 e.